The maximum atomic E-state index is 12.0. The molecule has 0 saturated heterocycles. The molecular weight excluding hydrogens is 335 g/mol. The second-order valence-corrected chi connectivity index (χ2v) is 7.94. The van der Waals surface area contributed by atoms with Crippen molar-refractivity contribution in [1.29, 1.82) is 0 Å². The van der Waals surface area contributed by atoms with Gasteiger partial charge >= 0.3 is 6.09 Å². The molecule has 1 aromatic rings. The van der Waals surface area contributed by atoms with Gasteiger partial charge in [-0.1, -0.05) is 29.3 Å². The van der Waals surface area contributed by atoms with E-state index >= 15 is 0 Å². The van der Waals surface area contributed by atoms with Crippen LogP contribution in [0.3, 0.4) is 0 Å². The normalized spacial score (nSPS) is 16.6. The standard InChI is InChI=1S/C17H24Cl2N2O2/c1-16(2,3)23-15(22)21-17(7-4-8-17)11-20-10-12-5-6-13(18)9-14(12)19/h5-6,9,20H,4,7-8,10-11H2,1-3H3,(H,21,22). The van der Waals surface area contributed by atoms with Crippen LogP contribution in [0.2, 0.25) is 10.0 Å². The van der Waals surface area contributed by atoms with Crippen LogP contribution in [0.15, 0.2) is 18.2 Å². The highest BCUT2D eigenvalue weighted by molar-refractivity contribution is 6.35. The zero-order valence-electron chi connectivity index (χ0n) is 13.8. The van der Waals surface area contributed by atoms with Crippen LogP contribution in [0.25, 0.3) is 0 Å². The third kappa shape index (κ3) is 5.55. The lowest BCUT2D eigenvalue weighted by molar-refractivity contribution is 0.0382. The van der Waals surface area contributed by atoms with E-state index in [0.29, 0.717) is 23.1 Å². The van der Waals surface area contributed by atoms with Crippen molar-refractivity contribution >= 4 is 29.3 Å². The van der Waals surface area contributed by atoms with Crippen LogP contribution < -0.4 is 10.6 Å². The van der Waals surface area contributed by atoms with Crippen molar-refractivity contribution in [2.75, 3.05) is 6.54 Å². The SMILES string of the molecule is CC(C)(C)OC(=O)NC1(CNCc2ccc(Cl)cc2Cl)CCC1. The van der Waals surface area contributed by atoms with Crippen LogP contribution in [0.4, 0.5) is 4.79 Å². The molecule has 23 heavy (non-hydrogen) atoms. The molecule has 1 aliphatic rings. The molecule has 0 unspecified atom stereocenters. The number of halogens is 2. The van der Waals surface area contributed by atoms with Crippen LogP contribution in [0.5, 0.6) is 0 Å². The summed E-state index contributed by atoms with van der Waals surface area (Å²) in [7, 11) is 0. The molecule has 0 spiro atoms. The van der Waals surface area contributed by atoms with E-state index in [1.807, 2.05) is 32.9 Å². The number of rotatable bonds is 5. The third-order valence-corrected chi connectivity index (χ3v) is 4.46. The number of alkyl carbamates (subject to hydrolysis) is 1. The number of amides is 1. The summed E-state index contributed by atoms with van der Waals surface area (Å²) in [6.45, 7) is 6.90. The molecule has 1 saturated carbocycles. The van der Waals surface area contributed by atoms with Gasteiger partial charge in [0.15, 0.2) is 0 Å². The third-order valence-electron chi connectivity index (χ3n) is 3.87. The van der Waals surface area contributed by atoms with Gasteiger partial charge in [0.05, 0.1) is 5.54 Å². The van der Waals surface area contributed by atoms with Crippen LogP contribution in [-0.4, -0.2) is 23.8 Å². The Morgan fingerprint density at radius 3 is 2.52 bits per heavy atom. The summed E-state index contributed by atoms with van der Waals surface area (Å²) in [6, 6.07) is 5.47. The molecule has 0 radical (unpaired) electrons. The Hall–Kier alpha value is -0.970. The Labute approximate surface area is 147 Å². The minimum absolute atomic E-state index is 0.221. The second-order valence-electron chi connectivity index (χ2n) is 7.10. The summed E-state index contributed by atoms with van der Waals surface area (Å²) in [6.07, 6.45) is 2.66. The van der Waals surface area contributed by atoms with Crippen LogP contribution >= 0.6 is 23.2 Å². The van der Waals surface area contributed by atoms with E-state index in [1.165, 1.54) is 0 Å². The topological polar surface area (TPSA) is 50.4 Å². The molecule has 0 aromatic heterocycles. The molecule has 0 bridgehead atoms. The quantitative estimate of drug-likeness (QED) is 0.812. The fourth-order valence-electron chi connectivity index (χ4n) is 2.57. The smallest absolute Gasteiger partial charge is 0.408 e. The highest BCUT2D eigenvalue weighted by Gasteiger charge is 2.39. The number of hydrogen-bond donors (Lipinski definition) is 2. The molecule has 6 heteroatoms. The van der Waals surface area contributed by atoms with E-state index in [-0.39, 0.29) is 11.6 Å². The van der Waals surface area contributed by atoms with Gasteiger partial charge in [0.25, 0.3) is 0 Å². The second kappa shape index (κ2) is 7.29. The molecular formula is C17H24Cl2N2O2. The molecule has 2 rings (SSSR count). The van der Waals surface area contributed by atoms with Crippen molar-refractivity contribution in [1.82, 2.24) is 10.6 Å². The Morgan fingerprint density at radius 2 is 2.00 bits per heavy atom. The highest BCUT2D eigenvalue weighted by Crippen LogP contribution is 2.32. The van der Waals surface area contributed by atoms with E-state index in [1.54, 1.807) is 6.07 Å². The van der Waals surface area contributed by atoms with Gasteiger partial charge in [-0.05, 0) is 57.7 Å². The zero-order chi connectivity index (χ0) is 17.1. The Bertz CT molecular complexity index is 566. The van der Waals surface area contributed by atoms with E-state index in [4.69, 9.17) is 27.9 Å². The predicted octanol–water partition coefficient (Wildman–Crippen LogP) is 4.53. The Kier molecular flexibility index (Phi) is 5.82. The van der Waals surface area contributed by atoms with Gasteiger partial charge in [-0.15, -0.1) is 0 Å². The number of benzene rings is 1. The minimum Gasteiger partial charge on any atom is -0.444 e. The summed E-state index contributed by atoms with van der Waals surface area (Å²) in [5, 5.41) is 7.67. The molecule has 1 aliphatic carbocycles. The number of carbonyl (C=O) groups excluding carboxylic acids is 1. The fraction of sp³-hybridized carbons (Fsp3) is 0.588. The molecule has 4 nitrogen and oxygen atoms in total. The van der Waals surface area contributed by atoms with Crippen molar-refractivity contribution in [3.05, 3.63) is 33.8 Å². The van der Waals surface area contributed by atoms with Crippen LogP contribution in [0.1, 0.15) is 45.6 Å². The van der Waals surface area contributed by atoms with E-state index in [9.17, 15) is 4.79 Å². The lowest BCUT2D eigenvalue weighted by Gasteiger charge is -2.42. The van der Waals surface area contributed by atoms with Gasteiger partial charge in [-0.25, -0.2) is 4.79 Å². The first-order valence-electron chi connectivity index (χ1n) is 7.85. The van der Waals surface area contributed by atoms with Crippen LogP contribution in [0, 0.1) is 0 Å². The van der Waals surface area contributed by atoms with Gasteiger partial charge < -0.3 is 15.4 Å². The molecule has 1 aromatic carbocycles. The van der Waals surface area contributed by atoms with Crippen molar-refractivity contribution in [3.63, 3.8) is 0 Å². The van der Waals surface area contributed by atoms with E-state index in [2.05, 4.69) is 10.6 Å². The van der Waals surface area contributed by atoms with Crippen molar-refractivity contribution in [3.8, 4) is 0 Å². The predicted molar refractivity (Wildman–Crippen MR) is 94.1 cm³/mol. The highest BCUT2D eigenvalue weighted by atomic mass is 35.5. The lowest BCUT2D eigenvalue weighted by atomic mass is 9.76. The first kappa shape index (κ1) is 18.4. The molecule has 1 amide bonds. The van der Waals surface area contributed by atoms with E-state index in [0.717, 1.165) is 24.8 Å². The van der Waals surface area contributed by atoms with Crippen molar-refractivity contribution in [2.45, 2.75) is 57.7 Å². The van der Waals surface area contributed by atoms with Gasteiger partial charge in [0.1, 0.15) is 5.60 Å². The summed E-state index contributed by atoms with van der Waals surface area (Å²) in [4.78, 5) is 12.0. The number of ether oxygens (including phenoxy) is 1. The number of hydrogen-bond acceptors (Lipinski definition) is 3. The van der Waals surface area contributed by atoms with Crippen molar-refractivity contribution in [2.24, 2.45) is 0 Å². The zero-order valence-corrected chi connectivity index (χ0v) is 15.4. The summed E-state index contributed by atoms with van der Waals surface area (Å²) in [5.41, 5.74) is 0.281. The van der Waals surface area contributed by atoms with Gasteiger partial charge in [-0.2, -0.15) is 0 Å². The largest absolute Gasteiger partial charge is 0.444 e. The fourth-order valence-corrected chi connectivity index (χ4v) is 3.05. The number of carbonyl (C=O) groups is 1. The molecule has 0 atom stereocenters. The first-order valence-corrected chi connectivity index (χ1v) is 8.61. The number of nitrogens with one attached hydrogen (secondary N) is 2. The molecule has 128 valence electrons. The molecule has 0 heterocycles. The van der Waals surface area contributed by atoms with E-state index < -0.39 is 5.60 Å². The molecule has 0 aliphatic heterocycles. The first-order chi connectivity index (χ1) is 10.7. The van der Waals surface area contributed by atoms with Gasteiger partial charge in [0, 0.05) is 23.1 Å². The van der Waals surface area contributed by atoms with Crippen molar-refractivity contribution < 1.29 is 9.53 Å². The average molecular weight is 359 g/mol. The summed E-state index contributed by atoms with van der Waals surface area (Å²) in [5.74, 6) is 0. The Morgan fingerprint density at radius 1 is 1.30 bits per heavy atom. The molecule has 1 fully saturated rings. The monoisotopic (exact) mass is 358 g/mol. The van der Waals surface area contributed by atoms with Gasteiger partial charge in [-0.3, -0.25) is 0 Å². The average Bonchev–Trinajstić information content (AvgIpc) is 2.36. The molecule has 2 N–H and O–H groups in total. The lowest BCUT2D eigenvalue weighted by Crippen LogP contribution is -2.59. The van der Waals surface area contributed by atoms with Gasteiger partial charge in [0.2, 0.25) is 0 Å². The summed E-state index contributed by atoms with van der Waals surface area (Å²) < 4.78 is 5.35. The maximum absolute atomic E-state index is 12.0. The minimum atomic E-state index is -0.487. The van der Waals surface area contributed by atoms with Crippen LogP contribution in [-0.2, 0) is 11.3 Å². The Balaban J connectivity index is 1.86. The maximum Gasteiger partial charge on any atom is 0.408 e. The summed E-state index contributed by atoms with van der Waals surface area (Å²) >= 11 is 12.1.